The number of carbonyl (C=O) groups excluding carboxylic acids is 1. The standard InChI is InChI=1S/C18H22N2O5/c1-18(2,3)25-17(23)20-7-5-19(6-8-20)14-11-13(16(21)22)10-12-4-9-24-15(12)14/h4,9-11H,5-8H2,1-3H3,(H,21,22). The number of hydrogen-bond donors (Lipinski definition) is 1. The highest BCUT2D eigenvalue weighted by molar-refractivity contribution is 5.99. The maximum atomic E-state index is 12.2. The van der Waals surface area contributed by atoms with Crippen LogP contribution in [-0.4, -0.2) is 53.8 Å². The molecule has 1 aromatic heterocycles. The van der Waals surface area contributed by atoms with Gasteiger partial charge in [0.25, 0.3) is 0 Å². The maximum absolute atomic E-state index is 12.2. The molecule has 2 aromatic rings. The minimum atomic E-state index is -0.975. The van der Waals surface area contributed by atoms with Crippen molar-refractivity contribution in [2.24, 2.45) is 0 Å². The van der Waals surface area contributed by atoms with E-state index in [-0.39, 0.29) is 11.7 Å². The SMILES string of the molecule is CC(C)(C)OC(=O)N1CCN(c2cc(C(=O)O)cc3ccoc23)CC1. The molecule has 0 spiro atoms. The van der Waals surface area contributed by atoms with E-state index in [1.165, 1.54) is 0 Å². The molecule has 1 aliphatic heterocycles. The first-order valence-corrected chi connectivity index (χ1v) is 8.22. The molecule has 25 heavy (non-hydrogen) atoms. The number of hydrogen-bond acceptors (Lipinski definition) is 5. The van der Waals surface area contributed by atoms with E-state index >= 15 is 0 Å². The second-order valence-electron chi connectivity index (χ2n) is 7.09. The Morgan fingerprint density at radius 3 is 2.44 bits per heavy atom. The zero-order valence-corrected chi connectivity index (χ0v) is 14.6. The molecule has 134 valence electrons. The molecule has 0 aliphatic carbocycles. The number of nitrogens with zero attached hydrogens (tertiary/aromatic N) is 2. The number of benzene rings is 1. The Kier molecular flexibility index (Phi) is 4.32. The number of carbonyl (C=O) groups is 2. The van der Waals surface area contributed by atoms with Crippen LogP contribution in [0.1, 0.15) is 31.1 Å². The number of rotatable bonds is 2. The van der Waals surface area contributed by atoms with Gasteiger partial charge in [-0.2, -0.15) is 0 Å². The third-order valence-corrected chi connectivity index (χ3v) is 4.05. The summed E-state index contributed by atoms with van der Waals surface area (Å²) >= 11 is 0. The Morgan fingerprint density at radius 2 is 1.84 bits per heavy atom. The molecule has 1 N–H and O–H groups in total. The lowest BCUT2D eigenvalue weighted by Crippen LogP contribution is -2.50. The molecule has 0 saturated carbocycles. The van der Waals surface area contributed by atoms with Crippen LogP contribution in [0.5, 0.6) is 0 Å². The van der Waals surface area contributed by atoms with Gasteiger partial charge in [-0.15, -0.1) is 0 Å². The number of amides is 1. The van der Waals surface area contributed by atoms with Gasteiger partial charge >= 0.3 is 12.1 Å². The molecular weight excluding hydrogens is 324 g/mol. The van der Waals surface area contributed by atoms with Gasteiger partial charge in [0.1, 0.15) is 5.60 Å². The fourth-order valence-corrected chi connectivity index (χ4v) is 2.88. The van der Waals surface area contributed by atoms with Crippen LogP contribution in [0, 0.1) is 0 Å². The summed E-state index contributed by atoms with van der Waals surface area (Å²) in [5.41, 5.74) is 1.10. The van der Waals surface area contributed by atoms with E-state index in [1.807, 2.05) is 25.7 Å². The van der Waals surface area contributed by atoms with E-state index in [0.29, 0.717) is 31.8 Å². The van der Waals surface area contributed by atoms with E-state index in [0.717, 1.165) is 11.1 Å². The number of aromatic carboxylic acids is 1. The van der Waals surface area contributed by atoms with Gasteiger partial charge in [-0.05, 0) is 39.0 Å². The highest BCUT2D eigenvalue weighted by atomic mass is 16.6. The van der Waals surface area contributed by atoms with Gasteiger partial charge in [0.15, 0.2) is 5.58 Å². The maximum Gasteiger partial charge on any atom is 0.410 e. The Balaban J connectivity index is 1.77. The van der Waals surface area contributed by atoms with Gasteiger partial charge in [-0.3, -0.25) is 0 Å². The van der Waals surface area contributed by atoms with E-state index in [2.05, 4.69) is 0 Å². The van der Waals surface area contributed by atoms with Crippen LogP contribution in [0.25, 0.3) is 11.0 Å². The van der Waals surface area contributed by atoms with Gasteiger partial charge in [0.05, 0.1) is 17.5 Å². The van der Waals surface area contributed by atoms with Gasteiger partial charge in [-0.25, -0.2) is 9.59 Å². The largest absolute Gasteiger partial charge is 0.478 e. The van der Waals surface area contributed by atoms with E-state index in [9.17, 15) is 14.7 Å². The van der Waals surface area contributed by atoms with Crippen molar-refractivity contribution < 1.29 is 23.8 Å². The Hall–Kier alpha value is -2.70. The van der Waals surface area contributed by atoms with Gasteiger partial charge < -0.3 is 24.1 Å². The van der Waals surface area contributed by atoms with Crippen molar-refractivity contribution in [1.29, 1.82) is 0 Å². The number of furan rings is 1. The van der Waals surface area contributed by atoms with Crippen LogP contribution in [0.15, 0.2) is 28.9 Å². The summed E-state index contributed by atoms with van der Waals surface area (Å²) < 4.78 is 10.9. The zero-order valence-electron chi connectivity index (χ0n) is 14.6. The fourth-order valence-electron chi connectivity index (χ4n) is 2.88. The number of ether oxygens (including phenoxy) is 1. The first-order valence-electron chi connectivity index (χ1n) is 8.22. The summed E-state index contributed by atoms with van der Waals surface area (Å²) in [6.45, 7) is 7.70. The second kappa shape index (κ2) is 6.31. The third-order valence-electron chi connectivity index (χ3n) is 4.05. The number of piperazine rings is 1. The van der Waals surface area contributed by atoms with Crippen LogP contribution in [0.4, 0.5) is 10.5 Å². The summed E-state index contributed by atoms with van der Waals surface area (Å²) in [5.74, 6) is -0.975. The molecule has 0 atom stereocenters. The van der Waals surface area contributed by atoms with Gasteiger partial charge in [0, 0.05) is 31.6 Å². The Morgan fingerprint density at radius 1 is 1.16 bits per heavy atom. The molecule has 0 unspecified atom stereocenters. The van der Waals surface area contributed by atoms with Crippen molar-refractivity contribution >= 4 is 28.7 Å². The first kappa shape index (κ1) is 17.1. The minimum absolute atomic E-state index is 0.221. The van der Waals surface area contributed by atoms with Crippen LogP contribution >= 0.6 is 0 Å². The van der Waals surface area contributed by atoms with Crippen molar-refractivity contribution in [1.82, 2.24) is 4.90 Å². The number of carboxylic acids is 1. The summed E-state index contributed by atoms with van der Waals surface area (Å²) in [4.78, 5) is 27.2. The van der Waals surface area contributed by atoms with E-state index in [1.54, 1.807) is 29.4 Å². The van der Waals surface area contributed by atoms with Gasteiger partial charge in [-0.1, -0.05) is 0 Å². The van der Waals surface area contributed by atoms with Crippen LogP contribution in [-0.2, 0) is 4.74 Å². The smallest absolute Gasteiger partial charge is 0.410 e. The molecule has 1 saturated heterocycles. The van der Waals surface area contributed by atoms with Crippen molar-refractivity contribution in [3.63, 3.8) is 0 Å². The monoisotopic (exact) mass is 346 g/mol. The second-order valence-corrected chi connectivity index (χ2v) is 7.09. The summed E-state index contributed by atoms with van der Waals surface area (Å²) in [5, 5.41) is 10.1. The fraction of sp³-hybridized carbons (Fsp3) is 0.444. The Labute approximate surface area is 145 Å². The zero-order chi connectivity index (χ0) is 18.2. The van der Waals surface area contributed by atoms with Crippen molar-refractivity contribution in [2.45, 2.75) is 26.4 Å². The highest BCUT2D eigenvalue weighted by Crippen LogP contribution is 2.30. The van der Waals surface area contributed by atoms with Crippen LogP contribution in [0.3, 0.4) is 0 Å². The first-order chi connectivity index (χ1) is 11.7. The third kappa shape index (κ3) is 3.70. The minimum Gasteiger partial charge on any atom is -0.478 e. The van der Waals surface area contributed by atoms with Crippen LogP contribution in [0.2, 0.25) is 0 Å². The molecule has 1 fully saturated rings. The van der Waals surface area contributed by atoms with Crippen molar-refractivity contribution in [3.05, 3.63) is 30.0 Å². The molecule has 7 nitrogen and oxygen atoms in total. The Bertz CT molecular complexity index is 797. The van der Waals surface area contributed by atoms with Crippen LogP contribution < -0.4 is 4.90 Å². The normalized spacial score (nSPS) is 15.5. The average Bonchev–Trinajstić information content (AvgIpc) is 3.01. The lowest BCUT2D eigenvalue weighted by molar-refractivity contribution is 0.0240. The molecule has 1 aliphatic rings. The number of anilines is 1. The predicted octanol–water partition coefficient (Wildman–Crippen LogP) is 3.19. The predicted molar refractivity (Wildman–Crippen MR) is 93.2 cm³/mol. The molecule has 0 radical (unpaired) electrons. The summed E-state index contributed by atoms with van der Waals surface area (Å²) in [7, 11) is 0. The van der Waals surface area contributed by atoms with Gasteiger partial charge in [0.2, 0.25) is 0 Å². The molecular formula is C18H22N2O5. The molecule has 7 heteroatoms. The molecule has 3 rings (SSSR count). The number of carboxylic acid groups (broad SMARTS) is 1. The lowest BCUT2D eigenvalue weighted by Gasteiger charge is -2.36. The van der Waals surface area contributed by atoms with Crippen molar-refractivity contribution in [3.8, 4) is 0 Å². The highest BCUT2D eigenvalue weighted by Gasteiger charge is 2.27. The molecule has 1 aromatic carbocycles. The van der Waals surface area contributed by atoms with E-state index in [4.69, 9.17) is 9.15 Å². The summed E-state index contributed by atoms with van der Waals surface area (Å²) in [6.07, 6.45) is 1.23. The number of fused-ring (bicyclic) bond motifs is 1. The lowest BCUT2D eigenvalue weighted by atomic mass is 10.1. The quantitative estimate of drug-likeness (QED) is 0.899. The van der Waals surface area contributed by atoms with Crippen molar-refractivity contribution in [2.75, 3.05) is 31.1 Å². The van der Waals surface area contributed by atoms with E-state index < -0.39 is 11.6 Å². The molecule has 0 bridgehead atoms. The summed E-state index contributed by atoms with van der Waals surface area (Å²) in [6, 6.07) is 4.97. The molecule has 1 amide bonds. The topological polar surface area (TPSA) is 83.2 Å². The molecule has 2 heterocycles. The average molecular weight is 346 g/mol.